The third-order valence-corrected chi connectivity index (χ3v) is 7.13. The number of aryl methyl sites for hydroxylation is 1. The number of methoxy groups -OCH3 is 2. The van der Waals surface area contributed by atoms with E-state index in [4.69, 9.17) is 9.47 Å². The van der Waals surface area contributed by atoms with Gasteiger partial charge >= 0.3 is 0 Å². The lowest BCUT2D eigenvalue weighted by molar-refractivity contribution is -0.140. The molecule has 37 heavy (non-hydrogen) atoms. The summed E-state index contributed by atoms with van der Waals surface area (Å²) in [6.45, 7) is 7.88. The van der Waals surface area contributed by atoms with Crippen LogP contribution in [0, 0.1) is 12.8 Å². The number of sulfonamides is 1. The van der Waals surface area contributed by atoms with Crippen molar-refractivity contribution in [3.05, 3.63) is 53.6 Å². The van der Waals surface area contributed by atoms with Crippen molar-refractivity contribution >= 4 is 27.5 Å². The van der Waals surface area contributed by atoms with Crippen LogP contribution >= 0.6 is 0 Å². The van der Waals surface area contributed by atoms with Crippen molar-refractivity contribution in [3.63, 3.8) is 0 Å². The monoisotopic (exact) mass is 533 g/mol. The molecular weight excluding hydrogens is 494 g/mol. The van der Waals surface area contributed by atoms with Gasteiger partial charge in [0, 0.05) is 19.2 Å². The second kappa shape index (κ2) is 13.3. The number of hydrogen-bond acceptors (Lipinski definition) is 6. The van der Waals surface area contributed by atoms with Gasteiger partial charge in [0.2, 0.25) is 21.8 Å². The van der Waals surface area contributed by atoms with Crippen molar-refractivity contribution in [2.45, 2.75) is 46.7 Å². The van der Waals surface area contributed by atoms with E-state index < -0.39 is 28.5 Å². The zero-order valence-corrected chi connectivity index (χ0v) is 23.6. The zero-order valence-electron chi connectivity index (χ0n) is 22.8. The van der Waals surface area contributed by atoms with E-state index in [-0.39, 0.29) is 29.8 Å². The van der Waals surface area contributed by atoms with Gasteiger partial charge in [-0.2, -0.15) is 0 Å². The third-order valence-electron chi connectivity index (χ3n) is 6.01. The Bertz CT molecular complexity index is 1180. The fourth-order valence-electron chi connectivity index (χ4n) is 3.90. The highest BCUT2D eigenvalue weighted by Crippen LogP contribution is 2.33. The van der Waals surface area contributed by atoms with Crippen LogP contribution in [-0.2, 0) is 26.2 Å². The average molecular weight is 534 g/mol. The number of ether oxygens (including phenoxy) is 2. The van der Waals surface area contributed by atoms with Gasteiger partial charge in [-0.25, -0.2) is 8.42 Å². The van der Waals surface area contributed by atoms with E-state index in [0.29, 0.717) is 18.7 Å². The lowest BCUT2D eigenvalue weighted by Crippen LogP contribution is -2.52. The average Bonchev–Trinajstić information content (AvgIpc) is 2.85. The molecule has 9 nitrogen and oxygen atoms in total. The van der Waals surface area contributed by atoms with E-state index in [1.54, 1.807) is 12.1 Å². The van der Waals surface area contributed by atoms with E-state index in [2.05, 4.69) is 5.32 Å². The third kappa shape index (κ3) is 8.11. The predicted octanol–water partition coefficient (Wildman–Crippen LogP) is 3.36. The SMILES string of the molecule is CC[C@H](C(=O)NCC(C)C)N(Cc1ccccc1C)C(=O)CN(c1ccc(OC)cc1OC)S(C)(=O)=O. The highest BCUT2D eigenvalue weighted by molar-refractivity contribution is 7.92. The molecule has 204 valence electrons. The van der Waals surface area contributed by atoms with Crippen molar-refractivity contribution in [2.75, 3.05) is 37.9 Å². The van der Waals surface area contributed by atoms with E-state index in [0.717, 1.165) is 21.7 Å². The maximum Gasteiger partial charge on any atom is 0.244 e. The first kappa shape index (κ1) is 30.0. The summed E-state index contributed by atoms with van der Waals surface area (Å²) in [5, 5.41) is 2.92. The molecule has 1 atom stereocenters. The summed E-state index contributed by atoms with van der Waals surface area (Å²) in [4.78, 5) is 28.4. The first-order valence-corrected chi connectivity index (χ1v) is 14.1. The lowest BCUT2D eigenvalue weighted by Gasteiger charge is -2.33. The van der Waals surface area contributed by atoms with Crippen LogP contribution in [0.5, 0.6) is 11.5 Å². The smallest absolute Gasteiger partial charge is 0.244 e. The molecule has 0 fully saturated rings. The van der Waals surface area contributed by atoms with Crippen LogP contribution in [0.15, 0.2) is 42.5 Å². The Morgan fingerprint density at radius 3 is 2.27 bits per heavy atom. The quantitative estimate of drug-likeness (QED) is 0.423. The van der Waals surface area contributed by atoms with Gasteiger partial charge in [-0.3, -0.25) is 13.9 Å². The molecule has 0 unspecified atom stereocenters. The van der Waals surface area contributed by atoms with Crippen molar-refractivity contribution in [1.82, 2.24) is 10.2 Å². The normalized spacial score (nSPS) is 12.1. The van der Waals surface area contributed by atoms with Crippen LogP contribution in [0.25, 0.3) is 0 Å². The molecule has 10 heteroatoms. The molecule has 0 radical (unpaired) electrons. The highest BCUT2D eigenvalue weighted by Gasteiger charge is 2.32. The molecule has 0 saturated heterocycles. The van der Waals surface area contributed by atoms with E-state index in [1.807, 2.05) is 52.0 Å². The summed E-state index contributed by atoms with van der Waals surface area (Å²) < 4.78 is 37.3. The van der Waals surface area contributed by atoms with Gasteiger partial charge in [-0.05, 0) is 42.5 Å². The second-order valence-electron chi connectivity index (χ2n) is 9.32. The summed E-state index contributed by atoms with van der Waals surface area (Å²) in [5.74, 6) is 0.188. The molecule has 2 aromatic rings. The number of nitrogens with one attached hydrogen (secondary N) is 1. The Morgan fingerprint density at radius 2 is 1.73 bits per heavy atom. The van der Waals surface area contributed by atoms with Crippen molar-refractivity contribution in [2.24, 2.45) is 5.92 Å². The van der Waals surface area contributed by atoms with Gasteiger partial charge in [-0.1, -0.05) is 45.0 Å². The van der Waals surface area contributed by atoms with Crippen molar-refractivity contribution in [3.8, 4) is 11.5 Å². The molecule has 1 N–H and O–H groups in total. The lowest BCUT2D eigenvalue weighted by atomic mass is 10.1. The largest absolute Gasteiger partial charge is 0.497 e. The number of amides is 2. The first-order chi connectivity index (χ1) is 17.4. The van der Waals surface area contributed by atoms with Crippen LogP contribution in [-0.4, -0.2) is 64.7 Å². The Balaban J connectivity index is 2.50. The van der Waals surface area contributed by atoms with Gasteiger partial charge in [0.05, 0.1) is 26.2 Å². The summed E-state index contributed by atoms with van der Waals surface area (Å²) in [6.07, 6.45) is 1.40. The number of anilines is 1. The molecule has 0 aromatic heterocycles. The molecule has 2 rings (SSSR count). The van der Waals surface area contributed by atoms with Gasteiger partial charge < -0.3 is 19.7 Å². The van der Waals surface area contributed by atoms with Crippen LogP contribution < -0.4 is 19.1 Å². The summed E-state index contributed by atoms with van der Waals surface area (Å²) >= 11 is 0. The molecule has 0 saturated carbocycles. The molecule has 0 aliphatic rings. The summed E-state index contributed by atoms with van der Waals surface area (Å²) in [6, 6.07) is 11.5. The fourth-order valence-corrected chi connectivity index (χ4v) is 4.75. The predicted molar refractivity (Wildman–Crippen MR) is 145 cm³/mol. The van der Waals surface area contributed by atoms with Crippen LogP contribution in [0.4, 0.5) is 5.69 Å². The number of rotatable bonds is 13. The van der Waals surface area contributed by atoms with E-state index in [9.17, 15) is 18.0 Å². The zero-order chi connectivity index (χ0) is 27.8. The minimum absolute atomic E-state index is 0.163. The maximum absolute atomic E-state index is 13.8. The summed E-state index contributed by atoms with van der Waals surface area (Å²) in [7, 11) is -0.984. The number of hydrogen-bond donors (Lipinski definition) is 1. The molecule has 2 aromatic carbocycles. The topological polar surface area (TPSA) is 105 Å². The van der Waals surface area contributed by atoms with Crippen molar-refractivity contribution in [1.29, 1.82) is 0 Å². The van der Waals surface area contributed by atoms with Gasteiger partial charge in [0.25, 0.3) is 0 Å². The molecular formula is C27H39N3O6S. The van der Waals surface area contributed by atoms with E-state index >= 15 is 0 Å². The Labute approximate surface area is 220 Å². The van der Waals surface area contributed by atoms with Gasteiger partial charge in [-0.15, -0.1) is 0 Å². The van der Waals surface area contributed by atoms with Gasteiger partial charge in [0.1, 0.15) is 24.1 Å². The Hall–Kier alpha value is -3.27. The number of carbonyl (C=O) groups is 2. The molecule has 0 bridgehead atoms. The van der Waals surface area contributed by atoms with Crippen LogP contribution in [0.1, 0.15) is 38.3 Å². The first-order valence-electron chi connectivity index (χ1n) is 12.2. The highest BCUT2D eigenvalue weighted by atomic mass is 32.2. The molecule has 2 amide bonds. The standard InChI is InChI=1S/C27H39N3O6S/c1-8-23(27(32)28-16-19(2)3)29(17-21-12-10-9-11-20(21)4)26(31)18-30(37(7,33)34)24-14-13-22(35-5)15-25(24)36-6/h9-15,19,23H,8,16-18H2,1-7H3,(H,28,32)/t23-/m1/s1. The molecule has 0 spiro atoms. The molecule has 0 aliphatic carbocycles. The van der Waals surface area contributed by atoms with Crippen LogP contribution in [0.2, 0.25) is 0 Å². The van der Waals surface area contributed by atoms with Crippen molar-refractivity contribution < 1.29 is 27.5 Å². The number of carbonyl (C=O) groups excluding carboxylic acids is 2. The second-order valence-corrected chi connectivity index (χ2v) is 11.2. The van der Waals surface area contributed by atoms with Gasteiger partial charge in [0.15, 0.2) is 0 Å². The Kier molecular flexibility index (Phi) is 10.8. The fraction of sp³-hybridized carbons (Fsp3) is 0.481. The Morgan fingerprint density at radius 1 is 1.05 bits per heavy atom. The minimum Gasteiger partial charge on any atom is -0.497 e. The maximum atomic E-state index is 13.8. The molecule has 0 aliphatic heterocycles. The summed E-state index contributed by atoms with van der Waals surface area (Å²) in [5.41, 5.74) is 2.04. The molecule has 0 heterocycles. The number of benzene rings is 2. The van der Waals surface area contributed by atoms with Crippen LogP contribution in [0.3, 0.4) is 0 Å². The minimum atomic E-state index is -3.89. The van der Waals surface area contributed by atoms with E-state index in [1.165, 1.54) is 25.2 Å². The number of nitrogens with zero attached hydrogens (tertiary/aromatic N) is 2.